The van der Waals surface area contributed by atoms with Crippen molar-refractivity contribution < 1.29 is 4.84 Å². The number of hydrogen-bond acceptors (Lipinski definition) is 2. The molecule has 2 heteroatoms. The summed E-state index contributed by atoms with van der Waals surface area (Å²) in [4.78, 5) is 5.56. The average Bonchev–Trinajstić information content (AvgIpc) is 2.24. The van der Waals surface area contributed by atoms with Gasteiger partial charge in [-0.1, -0.05) is 53.6 Å². The van der Waals surface area contributed by atoms with E-state index in [2.05, 4.69) is 53.6 Å². The number of hydrogen-bond donors (Lipinski definition) is 0. The van der Waals surface area contributed by atoms with E-state index in [9.17, 15) is 0 Å². The lowest BCUT2D eigenvalue weighted by Gasteiger charge is -2.36. The Morgan fingerprint density at radius 1 is 1.12 bits per heavy atom. The van der Waals surface area contributed by atoms with E-state index in [-0.39, 0.29) is 16.9 Å². The summed E-state index contributed by atoms with van der Waals surface area (Å²) in [6, 6.07) is 0. The Morgan fingerprint density at radius 3 is 2.12 bits per heavy atom. The van der Waals surface area contributed by atoms with Crippen LogP contribution >= 0.6 is 0 Å². The van der Waals surface area contributed by atoms with Gasteiger partial charge in [0, 0.05) is 5.41 Å². The lowest BCUT2D eigenvalue weighted by atomic mass is 9.69. The summed E-state index contributed by atoms with van der Waals surface area (Å²) >= 11 is 0. The summed E-state index contributed by atoms with van der Waals surface area (Å²) in [7, 11) is 0. The first-order valence-electron chi connectivity index (χ1n) is 6.22. The van der Waals surface area contributed by atoms with Crippen molar-refractivity contribution in [1.29, 1.82) is 0 Å². The molecule has 0 aromatic heterocycles. The Labute approximate surface area is 100 Å². The molecule has 0 saturated heterocycles. The molecule has 0 aliphatic carbocycles. The largest absolute Gasteiger partial charge is 0.392 e. The molecule has 2 nitrogen and oxygen atoms in total. The number of oxime groups is 1. The summed E-state index contributed by atoms with van der Waals surface area (Å²) < 4.78 is 0. The summed E-state index contributed by atoms with van der Waals surface area (Å²) in [6.45, 7) is 15.9. The van der Waals surface area contributed by atoms with Gasteiger partial charge in [0.05, 0.1) is 6.21 Å². The highest BCUT2D eigenvalue weighted by atomic mass is 16.6. The Bertz CT molecular complexity index is 269. The first-order valence-corrected chi connectivity index (χ1v) is 6.22. The van der Waals surface area contributed by atoms with Gasteiger partial charge >= 0.3 is 0 Å². The fourth-order valence-electron chi connectivity index (χ4n) is 2.56. The summed E-state index contributed by atoms with van der Waals surface area (Å²) in [5.74, 6) is 0. The van der Waals surface area contributed by atoms with Crippen molar-refractivity contribution in [2.75, 3.05) is 0 Å². The molecule has 2 unspecified atom stereocenters. The minimum absolute atomic E-state index is 0.0888. The third kappa shape index (κ3) is 3.80. The molecule has 0 fully saturated rings. The maximum atomic E-state index is 5.56. The van der Waals surface area contributed by atoms with Crippen LogP contribution in [0.5, 0.6) is 0 Å². The maximum Gasteiger partial charge on any atom is 0.138 e. The Hall–Kier alpha value is -0.530. The predicted octanol–water partition coefficient (Wildman–Crippen LogP) is 4.25. The predicted molar refractivity (Wildman–Crippen MR) is 69.6 cm³/mol. The van der Waals surface area contributed by atoms with E-state index in [1.54, 1.807) is 0 Å². The highest BCUT2D eigenvalue weighted by molar-refractivity contribution is 5.67. The van der Waals surface area contributed by atoms with Crippen molar-refractivity contribution in [2.24, 2.45) is 21.4 Å². The highest BCUT2D eigenvalue weighted by Crippen LogP contribution is 2.42. The summed E-state index contributed by atoms with van der Waals surface area (Å²) in [5.41, 5.74) is 0.688. The van der Waals surface area contributed by atoms with Crippen LogP contribution in [0.2, 0.25) is 0 Å². The number of rotatable bonds is 2. The van der Waals surface area contributed by atoms with Crippen LogP contribution in [0.15, 0.2) is 5.16 Å². The molecule has 1 aliphatic heterocycles. The highest BCUT2D eigenvalue weighted by Gasteiger charge is 2.43. The Balaban J connectivity index is 2.74. The van der Waals surface area contributed by atoms with Gasteiger partial charge in [-0.25, -0.2) is 0 Å². The Morgan fingerprint density at radius 2 is 1.69 bits per heavy atom. The normalized spacial score (nSPS) is 30.6. The first-order chi connectivity index (χ1) is 7.02. The molecule has 0 aromatic rings. The lowest BCUT2D eigenvalue weighted by molar-refractivity contribution is -0.00992. The second-order valence-corrected chi connectivity index (χ2v) is 7.84. The van der Waals surface area contributed by atoms with Gasteiger partial charge in [0.2, 0.25) is 0 Å². The zero-order valence-corrected chi connectivity index (χ0v) is 11.9. The second-order valence-electron chi connectivity index (χ2n) is 7.84. The van der Waals surface area contributed by atoms with E-state index in [0.29, 0.717) is 5.41 Å². The van der Waals surface area contributed by atoms with Gasteiger partial charge in [-0.2, -0.15) is 0 Å². The van der Waals surface area contributed by atoms with E-state index in [1.807, 2.05) is 6.21 Å². The van der Waals surface area contributed by atoms with Gasteiger partial charge in [-0.15, -0.1) is 0 Å². The van der Waals surface area contributed by atoms with E-state index >= 15 is 0 Å². The van der Waals surface area contributed by atoms with Crippen LogP contribution in [0.4, 0.5) is 0 Å². The third-order valence-electron chi connectivity index (χ3n) is 2.98. The van der Waals surface area contributed by atoms with E-state index in [0.717, 1.165) is 12.8 Å². The average molecular weight is 225 g/mol. The summed E-state index contributed by atoms with van der Waals surface area (Å²) in [5, 5.41) is 4.06. The third-order valence-corrected chi connectivity index (χ3v) is 2.98. The smallest absolute Gasteiger partial charge is 0.138 e. The van der Waals surface area contributed by atoms with Crippen molar-refractivity contribution in [3.63, 3.8) is 0 Å². The molecule has 0 bridgehead atoms. The molecule has 2 atom stereocenters. The molecule has 0 radical (unpaired) electrons. The van der Waals surface area contributed by atoms with Crippen LogP contribution in [-0.2, 0) is 4.84 Å². The van der Waals surface area contributed by atoms with Crippen molar-refractivity contribution in [1.82, 2.24) is 0 Å². The maximum absolute atomic E-state index is 5.56. The van der Waals surface area contributed by atoms with Crippen molar-refractivity contribution in [3.8, 4) is 0 Å². The minimum Gasteiger partial charge on any atom is -0.392 e. The molecule has 0 N–H and O–H groups in total. The van der Waals surface area contributed by atoms with Gasteiger partial charge in [0.1, 0.15) is 6.10 Å². The fourth-order valence-corrected chi connectivity index (χ4v) is 2.56. The zero-order chi connectivity index (χ0) is 12.6. The molecule has 1 aliphatic rings. The standard InChI is InChI=1S/C14H27NO/c1-12(2,3)8-11-14(7,10-15-16-11)9-13(4,5)6/h10-11H,8-9H2,1-7H3. The molecule has 0 amide bonds. The Kier molecular flexibility index (Phi) is 3.42. The molecule has 94 valence electrons. The van der Waals surface area contributed by atoms with Crippen molar-refractivity contribution >= 4 is 6.21 Å². The van der Waals surface area contributed by atoms with Crippen LogP contribution in [0, 0.1) is 16.2 Å². The van der Waals surface area contributed by atoms with Crippen LogP contribution in [-0.4, -0.2) is 12.3 Å². The van der Waals surface area contributed by atoms with Crippen LogP contribution < -0.4 is 0 Å². The van der Waals surface area contributed by atoms with E-state index in [4.69, 9.17) is 4.84 Å². The quantitative estimate of drug-likeness (QED) is 0.688. The second kappa shape index (κ2) is 4.05. The monoisotopic (exact) mass is 225 g/mol. The molecule has 0 spiro atoms. The van der Waals surface area contributed by atoms with Gasteiger partial charge in [-0.3, -0.25) is 0 Å². The van der Waals surface area contributed by atoms with Crippen LogP contribution in [0.1, 0.15) is 61.3 Å². The number of nitrogens with zero attached hydrogens (tertiary/aromatic N) is 1. The molecule has 1 rings (SSSR count). The summed E-state index contributed by atoms with van der Waals surface area (Å²) in [6.07, 6.45) is 4.41. The van der Waals surface area contributed by atoms with Gasteiger partial charge in [0.25, 0.3) is 0 Å². The lowest BCUT2D eigenvalue weighted by Crippen LogP contribution is -2.37. The van der Waals surface area contributed by atoms with Crippen molar-refractivity contribution in [3.05, 3.63) is 0 Å². The van der Waals surface area contributed by atoms with Gasteiger partial charge in [0.15, 0.2) is 0 Å². The topological polar surface area (TPSA) is 21.6 Å². The molecular formula is C14H27NO. The minimum atomic E-state index is 0.0888. The van der Waals surface area contributed by atoms with Gasteiger partial charge in [-0.05, 0) is 23.7 Å². The van der Waals surface area contributed by atoms with E-state index in [1.165, 1.54) is 0 Å². The molecule has 0 aromatic carbocycles. The van der Waals surface area contributed by atoms with E-state index < -0.39 is 0 Å². The van der Waals surface area contributed by atoms with Crippen molar-refractivity contribution in [2.45, 2.75) is 67.4 Å². The van der Waals surface area contributed by atoms with Gasteiger partial charge < -0.3 is 4.84 Å². The SMILES string of the molecule is CC(C)(C)CC1ON=CC1(C)CC(C)(C)C. The zero-order valence-electron chi connectivity index (χ0n) is 11.9. The first kappa shape index (κ1) is 13.5. The molecule has 16 heavy (non-hydrogen) atoms. The molecule has 0 saturated carbocycles. The fraction of sp³-hybridized carbons (Fsp3) is 0.929. The molecule has 1 heterocycles. The van der Waals surface area contributed by atoms with Crippen LogP contribution in [0.3, 0.4) is 0 Å². The molecular weight excluding hydrogens is 198 g/mol. The van der Waals surface area contributed by atoms with Crippen LogP contribution in [0.25, 0.3) is 0 Å².